The van der Waals surface area contributed by atoms with Crippen LogP contribution in [0, 0.1) is 5.41 Å². The average molecular weight is 355 g/mol. The van der Waals surface area contributed by atoms with Crippen molar-refractivity contribution in [3.05, 3.63) is 29.8 Å². The fraction of sp³-hybridized carbons (Fsp3) is 0.632. The number of hydrogen-bond acceptors (Lipinski definition) is 3. The lowest BCUT2D eigenvalue weighted by Gasteiger charge is -2.28. The van der Waals surface area contributed by atoms with Crippen molar-refractivity contribution in [2.24, 2.45) is 11.1 Å². The Kier molecular flexibility index (Phi) is 8.57. The summed E-state index contributed by atoms with van der Waals surface area (Å²) in [6.07, 6.45) is 6.58. The minimum Gasteiger partial charge on any atom is -0.490 e. The molecule has 0 heterocycles. The maximum Gasteiger partial charge on any atom is 0.227 e. The van der Waals surface area contributed by atoms with Gasteiger partial charge in [-0.3, -0.25) is 4.79 Å². The van der Waals surface area contributed by atoms with Crippen LogP contribution < -0.4 is 15.8 Å². The van der Waals surface area contributed by atoms with E-state index in [2.05, 4.69) is 5.32 Å². The van der Waals surface area contributed by atoms with Crippen molar-refractivity contribution in [2.75, 3.05) is 6.54 Å². The Balaban J connectivity index is 0.00000288. The van der Waals surface area contributed by atoms with Crippen molar-refractivity contribution in [1.29, 1.82) is 0 Å². The number of carbonyl (C=O) groups is 1. The van der Waals surface area contributed by atoms with Gasteiger partial charge in [0.15, 0.2) is 0 Å². The standard InChI is InChI=1S/C19H30N2O2.ClH/c1-3-19(4-2,14-20)18(22)21-13-15-9-5-8-12-17(15)23-16-10-6-7-11-16;/h5,8-9,12,16H,3-4,6-7,10-11,13-14,20H2,1-2H3,(H,21,22);1H. The second-order valence-electron chi connectivity index (χ2n) is 6.51. The molecule has 0 bridgehead atoms. The zero-order chi connectivity index (χ0) is 16.7. The minimum atomic E-state index is -0.457. The number of para-hydroxylation sites is 1. The molecule has 3 N–H and O–H groups in total. The van der Waals surface area contributed by atoms with E-state index in [0.29, 0.717) is 19.2 Å². The molecule has 0 saturated heterocycles. The Morgan fingerprint density at radius 1 is 1.25 bits per heavy atom. The lowest BCUT2D eigenvalue weighted by Crippen LogP contribution is -2.45. The number of nitrogens with two attached hydrogens (primary N) is 1. The molecule has 1 aliphatic rings. The number of rotatable bonds is 8. The number of carbonyl (C=O) groups excluding carboxylic acids is 1. The minimum absolute atomic E-state index is 0. The van der Waals surface area contributed by atoms with Crippen LogP contribution in [0.3, 0.4) is 0 Å². The van der Waals surface area contributed by atoms with Crippen LogP contribution in [0.25, 0.3) is 0 Å². The van der Waals surface area contributed by atoms with Crippen LogP contribution in [-0.4, -0.2) is 18.6 Å². The third-order valence-corrected chi connectivity index (χ3v) is 5.23. The number of nitrogens with one attached hydrogen (secondary N) is 1. The van der Waals surface area contributed by atoms with E-state index in [0.717, 1.165) is 37.0 Å². The van der Waals surface area contributed by atoms with Gasteiger partial charge in [0.1, 0.15) is 5.75 Å². The summed E-state index contributed by atoms with van der Waals surface area (Å²) in [5.74, 6) is 0.937. The molecule has 4 nitrogen and oxygen atoms in total. The van der Waals surface area contributed by atoms with Gasteiger partial charge in [-0.2, -0.15) is 0 Å². The van der Waals surface area contributed by atoms with Crippen LogP contribution in [0.4, 0.5) is 0 Å². The highest BCUT2D eigenvalue weighted by Crippen LogP contribution is 2.28. The Morgan fingerprint density at radius 2 is 1.88 bits per heavy atom. The summed E-state index contributed by atoms with van der Waals surface area (Å²) >= 11 is 0. The van der Waals surface area contributed by atoms with E-state index >= 15 is 0 Å². The van der Waals surface area contributed by atoms with Gasteiger partial charge in [-0.05, 0) is 44.6 Å². The molecule has 1 aromatic rings. The highest BCUT2D eigenvalue weighted by atomic mass is 35.5. The van der Waals surface area contributed by atoms with Crippen LogP contribution in [0.1, 0.15) is 57.9 Å². The van der Waals surface area contributed by atoms with E-state index in [1.165, 1.54) is 12.8 Å². The van der Waals surface area contributed by atoms with Crippen LogP contribution in [-0.2, 0) is 11.3 Å². The molecule has 0 unspecified atom stereocenters. The number of amides is 1. The van der Waals surface area contributed by atoms with Gasteiger partial charge in [0.05, 0.1) is 11.5 Å². The topological polar surface area (TPSA) is 64.4 Å². The summed E-state index contributed by atoms with van der Waals surface area (Å²) < 4.78 is 6.13. The molecule has 0 aromatic heterocycles. The molecule has 0 atom stereocenters. The first-order valence-electron chi connectivity index (χ1n) is 8.88. The molecule has 5 heteroatoms. The van der Waals surface area contributed by atoms with Crippen molar-refractivity contribution in [3.8, 4) is 5.75 Å². The van der Waals surface area contributed by atoms with Gasteiger partial charge in [-0.1, -0.05) is 32.0 Å². The monoisotopic (exact) mass is 354 g/mol. The number of hydrogen-bond donors (Lipinski definition) is 2. The SMILES string of the molecule is CCC(CC)(CN)C(=O)NCc1ccccc1OC1CCCC1.Cl. The quantitative estimate of drug-likeness (QED) is 0.746. The fourth-order valence-corrected chi connectivity index (χ4v) is 3.27. The predicted octanol–water partition coefficient (Wildman–Crippen LogP) is 3.81. The molecule has 0 aliphatic heterocycles. The largest absolute Gasteiger partial charge is 0.490 e. The van der Waals surface area contributed by atoms with Crippen molar-refractivity contribution < 1.29 is 9.53 Å². The van der Waals surface area contributed by atoms with Crippen LogP contribution in [0.5, 0.6) is 5.75 Å². The number of benzene rings is 1. The Bertz CT molecular complexity index is 504. The van der Waals surface area contributed by atoms with Gasteiger partial charge >= 0.3 is 0 Å². The first kappa shape index (κ1) is 20.8. The molecule has 136 valence electrons. The first-order chi connectivity index (χ1) is 11.1. The average Bonchev–Trinajstić information content (AvgIpc) is 3.09. The second-order valence-corrected chi connectivity index (χ2v) is 6.51. The molecule has 1 saturated carbocycles. The number of halogens is 1. The Hall–Kier alpha value is -1.26. The Morgan fingerprint density at radius 3 is 2.46 bits per heavy atom. The third-order valence-electron chi connectivity index (χ3n) is 5.23. The van der Waals surface area contributed by atoms with E-state index < -0.39 is 5.41 Å². The predicted molar refractivity (Wildman–Crippen MR) is 100 cm³/mol. The summed E-state index contributed by atoms with van der Waals surface area (Å²) in [5, 5.41) is 3.06. The van der Waals surface area contributed by atoms with E-state index in [1.807, 2.05) is 38.1 Å². The van der Waals surface area contributed by atoms with Crippen LogP contribution in [0.2, 0.25) is 0 Å². The molecule has 0 radical (unpaired) electrons. The van der Waals surface area contributed by atoms with Crippen molar-refractivity contribution in [3.63, 3.8) is 0 Å². The summed E-state index contributed by atoms with van der Waals surface area (Å²) in [6, 6.07) is 7.99. The molecule has 1 aromatic carbocycles. The van der Waals surface area contributed by atoms with Gasteiger partial charge in [0.25, 0.3) is 0 Å². The lowest BCUT2D eigenvalue weighted by atomic mass is 9.81. The molecule has 1 fully saturated rings. The van der Waals surface area contributed by atoms with Crippen molar-refractivity contribution >= 4 is 18.3 Å². The van der Waals surface area contributed by atoms with Gasteiger partial charge < -0.3 is 15.8 Å². The van der Waals surface area contributed by atoms with E-state index in [-0.39, 0.29) is 18.3 Å². The summed E-state index contributed by atoms with van der Waals surface area (Å²) in [6.45, 7) is 4.91. The highest BCUT2D eigenvalue weighted by Gasteiger charge is 2.33. The molecular weight excluding hydrogens is 324 g/mol. The van der Waals surface area contributed by atoms with Crippen LogP contribution >= 0.6 is 12.4 Å². The summed E-state index contributed by atoms with van der Waals surface area (Å²) in [4.78, 5) is 12.6. The van der Waals surface area contributed by atoms with Gasteiger partial charge in [0.2, 0.25) is 5.91 Å². The summed E-state index contributed by atoms with van der Waals surface area (Å²) in [5.41, 5.74) is 6.43. The van der Waals surface area contributed by atoms with Gasteiger partial charge in [-0.25, -0.2) is 0 Å². The third kappa shape index (κ3) is 4.87. The van der Waals surface area contributed by atoms with E-state index in [4.69, 9.17) is 10.5 Å². The summed E-state index contributed by atoms with van der Waals surface area (Å²) in [7, 11) is 0. The van der Waals surface area contributed by atoms with Crippen molar-refractivity contribution in [1.82, 2.24) is 5.32 Å². The Labute approximate surface area is 151 Å². The molecule has 1 amide bonds. The zero-order valence-electron chi connectivity index (χ0n) is 14.8. The van der Waals surface area contributed by atoms with Gasteiger partial charge in [-0.15, -0.1) is 12.4 Å². The first-order valence-corrected chi connectivity index (χ1v) is 8.88. The van der Waals surface area contributed by atoms with E-state index in [9.17, 15) is 4.79 Å². The molecule has 24 heavy (non-hydrogen) atoms. The maximum absolute atomic E-state index is 12.6. The smallest absolute Gasteiger partial charge is 0.227 e. The van der Waals surface area contributed by atoms with Crippen LogP contribution in [0.15, 0.2) is 24.3 Å². The second kappa shape index (κ2) is 9.90. The molecule has 0 spiro atoms. The molecule has 1 aliphatic carbocycles. The van der Waals surface area contributed by atoms with Gasteiger partial charge in [0, 0.05) is 18.7 Å². The normalized spacial score (nSPS) is 15.0. The highest BCUT2D eigenvalue weighted by molar-refractivity contribution is 5.85. The molecule has 2 rings (SSSR count). The van der Waals surface area contributed by atoms with E-state index in [1.54, 1.807) is 0 Å². The maximum atomic E-state index is 12.6. The molecular formula is C19H31ClN2O2. The number of ether oxygens (including phenoxy) is 1. The zero-order valence-corrected chi connectivity index (χ0v) is 15.7. The fourth-order valence-electron chi connectivity index (χ4n) is 3.27. The van der Waals surface area contributed by atoms with Crippen molar-refractivity contribution in [2.45, 2.75) is 65.0 Å². The lowest BCUT2D eigenvalue weighted by molar-refractivity contribution is -0.131.